The summed E-state index contributed by atoms with van der Waals surface area (Å²) in [7, 11) is 0. The highest BCUT2D eigenvalue weighted by Gasteiger charge is 2.01. The number of allylic oxidation sites excluding steroid dienone is 3. The molecule has 0 aromatic rings. The van der Waals surface area contributed by atoms with Crippen molar-refractivity contribution in [3.63, 3.8) is 0 Å². The molecule has 0 heterocycles. The van der Waals surface area contributed by atoms with Gasteiger partial charge in [0.25, 0.3) is 0 Å². The highest BCUT2D eigenvalue weighted by Crippen LogP contribution is 2.05. The van der Waals surface area contributed by atoms with Gasteiger partial charge in [-0.15, -0.1) is 0 Å². The van der Waals surface area contributed by atoms with Crippen LogP contribution in [-0.4, -0.2) is 12.6 Å². The van der Waals surface area contributed by atoms with Gasteiger partial charge in [0.2, 0.25) is 0 Å². The Labute approximate surface area is 99.4 Å². The third kappa shape index (κ3) is 11.0. The zero-order chi connectivity index (χ0) is 12.1. The molecule has 16 heavy (non-hydrogen) atoms. The second-order valence-electron chi connectivity index (χ2n) is 3.84. The van der Waals surface area contributed by atoms with Crippen LogP contribution in [0.3, 0.4) is 0 Å². The molecule has 0 aromatic heterocycles. The third-order valence-electron chi connectivity index (χ3n) is 2.28. The number of hydrogen-bond donors (Lipinski definition) is 0. The average molecular weight is 224 g/mol. The maximum atomic E-state index is 11.2. The molecule has 0 atom stereocenters. The van der Waals surface area contributed by atoms with Crippen LogP contribution in [0, 0.1) is 0 Å². The van der Waals surface area contributed by atoms with Crippen molar-refractivity contribution >= 4 is 5.97 Å². The summed E-state index contributed by atoms with van der Waals surface area (Å²) in [6.45, 7) is 6.27. The number of ether oxygens (including phenoxy) is 1. The zero-order valence-electron chi connectivity index (χ0n) is 10.4. The summed E-state index contributed by atoms with van der Waals surface area (Å²) in [5.74, 6) is -0.0462. The first kappa shape index (κ1) is 14.9. The molecule has 2 nitrogen and oxygen atoms in total. The molecule has 0 fully saturated rings. The summed E-state index contributed by atoms with van der Waals surface area (Å²) in [5, 5.41) is 0. The molecule has 0 aromatic carbocycles. The first-order valence-corrected chi connectivity index (χ1v) is 6.24. The molecule has 0 bridgehead atoms. The molecule has 0 amide bonds. The number of carbonyl (C=O) groups excluding carboxylic acids is 1. The van der Waals surface area contributed by atoms with Gasteiger partial charge in [-0.2, -0.15) is 0 Å². The SMILES string of the molecule is C=CC=CCCCCCC(=O)OCCCC. The third-order valence-corrected chi connectivity index (χ3v) is 2.28. The lowest BCUT2D eigenvalue weighted by Crippen LogP contribution is -2.05. The van der Waals surface area contributed by atoms with Crippen LogP contribution < -0.4 is 0 Å². The zero-order valence-corrected chi connectivity index (χ0v) is 10.4. The summed E-state index contributed by atoms with van der Waals surface area (Å²) in [6.07, 6.45) is 12.7. The van der Waals surface area contributed by atoms with E-state index in [-0.39, 0.29) is 5.97 Å². The van der Waals surface area contributed by atoms with Gasteiger partial charge in [0.05, 0.1) is 6.61 Å². The monoisotopic (exact) mass is 224 g/mol. The van der Waals surface area contributed by atoms with Crippen LogP contribution in [0.25, 0.3) is 0 Å². The highest BCUT2D eigenvalue weighted by atomic mass is 16.5. The molecule has 0 saturated heterocycles. The molecular weight excluding hydrogens is 200 g/mol. The van der Waals surface area contributed by atoms with Crippen LogP contribution in [-0.2, 0) is 9.53 Å². The molecule has 0 N–H and O–H groups in total. The number of esters is 1. The maximum Gasteiger partial charge on any atom is 0.305 e. The summed E-state index contributed by atoms with van der Waals surface area (Å²) >= 11 is 0. The van der Waals surface area contributed by atoms with Crippen LogP contribution in [0.5, 0.6) is 0 Å². The molecule has 0 aliphatic heterocycles. The van der Waals surface area contributed by atoms with E-state index in [2.05, 4.69) is 19.6 Å². The smallest absolute Gasteiger partial charge is 0.305 e. The Morgan fingerprint density at radius 2 is 2.06 bits per heavy atom. The van der Waals surface area contributed by atoms with Gasteiger partial charge in [-0.1, -0.05) is 44.6 Å². The molecule has 0 aliphatic carbocycles. The average Bonchev–Trinajstić information content (AvgIpc) is 2.28. The molecule has 0 radical (unpaired) electrons. The highest BCUT2D eigenvalue weighted by molar-refractivity contribution is 5.69. The molecule has 0 aliphatic rings. The van der Waals surface area contributed by atoms with Crippen LogP contribution in [0.2, 0.25) is 0 Å². The minimum Gasteiger partial charge on any atom is -0.466 e. The molecule has 0 saturated carbocycles. The molecule has 0 rings (SSSR count). The Hall–Kier alpha value is -1.05. The Balaban J connectivity index is 3.21. The predicted molar refractivity (Wildman–Crippen MR) is 68.3 cm³/mol. The molecule has 0 unspecified atom stereocenters. The second kappa shape index (κ2) is 12.0. The van der Waals surface area contributed by atoms with Crippen molar-refractivity contribution < 1.29 is 9.53 Å². The quantitative estimate of drug-likeness (QED) is 0.318. The minimum atomic E-state index is -0.0462. The number of carbonyl (C=O) groups is 1. The topological polar surface area (TPSA) is 26.3 Å². The van der Waals surface area contributed by atoms with Gasteiger partial charge < -0.3 is 4.74 Å². The summed E-state index contributed by atoms with van der Waals surface area (Å²) in [5.41, 5.74) is 0. The van der Waals surface area contributed by atoms with Crippen LogP contribution in [0.1, 0.15) is 51.9 Å². The van der Waals surface area contributed by atoms with Crippen molar-refractivity contribution in [1.82, 2.24) is 0 Å². The fourth-order valence-electron chi connectivity index (χ4n) is 1.30. The van der Waals surface area contributed by atoms with Crippen LogP contribution in [0.15, 0.2) is 24.8 Å². The van der Waals surface area contributed by atoms with E-state index >= 15 is 0 Å². The Bertz CT molecular complexity index is 207. The number of hydrogen-bond acceptors (Lipinski definition) is 2. The summed E-state index contributed by atoms with van der Waals surface area (Å²) in [4.78, 5) is 11.2. The fraction of sp³-hybridized carbons (Fsp3) is 0.643. The fourth-order valence-corrected chi connectivity index (χ4v) is 1.30. The first-order valence-electron chi connectivity index (χ1n) is 6.24. The van der Waals surface area contributed by atoms with E-state index < -0.39 is 0 Å². The summed E-state index contributed by atoms with van der Waals surface area (Å²) < 4.78 is 5.06. The Morgan fingerprint density at radius 1 is 1.25 bits per heavy atom. The largest absolute Gasteiger partial charge is 0.466 e. The Kier molecular flexibility index (Phi) is 11.2. The van der Waals surface area contributed by atoms with E-state index in [4.69, 9.17) is 4.74 Å². The van der Waals surface area contributed by atoms with E-state index in [1.807, 2.05) is 6.08 Å². The van der Waals surface area contributed by atoms with Crippen LogP contribution >= 0.6 is 0 Å². The van der Waals surface area contributed by atoms with E-state index in [9.17, 15) is 4.79 Å². The predicted octanol–water partition coefficient (Wildman–Crippen LogP) is 4.02. The van der Waals surface area contributed by atoms with E-state index in [0.29, 0.717) is 13.0 Å². The maximum absolute atomic E-state index is 11.2. The lowest BCUT2D eigenvalue weighted by molar-refractivity contribution is -0.143. The second-order valence-corrected chi connectivity index (χ2v) is 3.84. The molecular formula is C14H24O2. The van der Waals surface area contributed by atoms with Gasteiger partial charge in [-0.3, -0.25) is 4.79 Å². The molecule has 92 valence electrons. The van der Waals surface area contributed by atoms with Crippen molar-refractivity contribution in [3.05, 3.63) is 24.8 Å². The van der Waals surface area contributed by atoms with Crippen LogP contribution in [0.4, 0.5) is 0 Å². The van der Waals surface area contributed by atoms with E-state index in [0.717, 1.165) is 38.5 Å². The van der Waals surface area contributed by atoms with Gasteiger partial charge in [-0.05, 0) is 25.7 Å². The van der Waals surface area contributed by atoms with Gasteiger partial charge in [0.1, 0.15) is 0 Å². The van der Waals surface area contributed by atoms with Gasteiger partial charge >= 0.3 is 5.97 Å². The van der Waals surface area contributed by atoms with Crippen molar-refractivity contribution in [3.8, 4) is 0 Å². The Morgan fingerprint density at radius 3 is 2.75 bits per heavy atom. The molecule has 2 heteroatoms. The van der Waals surface area contributed by atoms with Crippen molar-refractivity contribution in [2.75, 3.05) is 6.61 Å². The lowest BCUT2D eigenvalue weighted by Gasteiger charge is -2.03. The van der Waals surface area contributed by atoms with Gasteiger partial charge in [-0.25, -0.2) is 0 Å². The van der Waals surface area contributed by atoms with E-state index in [1.54, 1.807) is 6.08 Å². The van der Waals surface area contributed by atoms with Crippen molar-refractivity contribution in [1.29, 1.82) is 0 Å². The van der Waals surface area contributed by atoms with E-state index in [1.165, 1.54) is 0 Å². The number of unbranched alkanes of at least 4 members (excludes halogenated alkanes) is 4. The number of rotatable bonds is 10. The van der Waals surface area contributed by atoms with Crippen molar-refractivity contribution in [2.45, 2.75) is 51.9 Å². The molecule has 0 spiro atoms. The van der Waals surface area contributed by atoms with Gasteiger partial charge in [0, 0.05) is 6.42 Å². The lowest BCUT2D eigenvalue weighted by atomic mass is 10.1. The van der Waals surface area contributed by atoms with Crippen molar-refractivity contribution in [2.24, 2.45) is 0 Å². The first-order chi connectivity index (χ1) is 7.81. The van der Waals surface area contributed by atoms with Gasteiger partial charge in [0.15, 0.2) is 0 Å². The minimum absolute atomic E-state index is 0.0462. The summed E-state index contributed by atoms with van der Waals surface area (Å²) in [6, 6.07) is 0. The normalized spacial score (nSPS) is 10.6. The standard InChI is InChI=1S/C14H24O2/c1-3-5-7-8-9-10-11-12-14(15)16-13-6-4-2/h3,5,7H,1,4,6,8-13H2,2H3.